The van der Waals surface area contributed by atoms with Gasteiger partial charge in [0, 0.05) is 23.8 Å². The summed E-state index contributed by atoms with van der Waals surface area (Å²) < 4.78 is 50.2. The summed E-state index contributed by atoms with van der Waals surface area (Å²) in [6.07, 6.45) is -5.04. The van der Waals surface area contributed by atoms with Gasteiger partial charge in [0.15, 0.2) is 0 Å². The highest BCUT2D eigenvalue weighted by molar-refractivity contribution is 6.03. The predicted molar refractivity (Wildman–Crippen MR) is 93.7 cm³/mol. The summed E-state index contributed by atoms with van der Waals surface area (Å²) in [7, 11) is 0. The molecule has 0 bridgehead atoms. The fourth-order valence-corrected chi connectivity index (χ4v) is 2.80. The summed E-state index contributed by atoms with van der Waals surface area (Å²) in [6, 6.07) is 3.63. The molecule has 2 aromatic carbocycles. The Labute approximate surface area is 164 Å². The average Bonchev–Trinajstić information content (AvgIpc) is 3.09. The zero-order valence-electron chi connectivity index (χ0n) is 14.9. The molecule has 0 unspecified atom stereocenters. The van der Waals surface area contributed by atoms with Gasteiger partial charge in [-0.3, -0.25) is 20.2 Å². The summed E-state index contributed by atoms with van der Waals surface area (Å²) in [5.74, 6) is -1.39. The molecule has 3 rings (SSSR count). The molecule has 0 N–H and O–H groups in total. The number of hydrogen-bond acceptors (Lipinski definition) is 8. The van der Waals surface area contributed by atoms with E-state index in [1.165, 1.54) is 6.92 Å². The molecule has 0 saturated carbocycles. The van der Waals surface area contributed by atoms with Gasteiger partial charge in [-0.25, -0.2) is 4.79 Å². The minimum atomic E-state index is -5.04. The van der Waals surface area contributed by atoms with Crippen LogP contribution in [0.1, 0.15) is 23.0 Å². The fraction of sp³-hybridized carbons (Fsp3) is 0.176. The van der Waals surface area contributed by atoms with E-state index in [1.54, 1.807) is 0 Å². The Kier molecular flexibility index (Phi) is 5.12. The van der Waals surface area contributed by atoms with E-state index in [2.05, 4.69) is 5.16 Å². The number of nitrogens with zero attached hydrogens (tertiary/aromatic N) is 3. The molecule has 0 saturated heterocycles. The SMILES string of the molecule is CCOC(=O)c1onc2cc(-c3ccc([N+](=O)[O-])cc3C(F)(F)F)c([N+](=O)[O-])cc12. The molecule has 13 heteroatoms. The zero-order chi connectivity index (χ0) is 22.2. The quantitative estimate of drug-likeness (QED) is 0.331. The molecule has 0 radical (unpaired) electrons. The Bertz CT molecular complexity index is 1190. The number of aromatic nitrogens is 1. The highest BCUT2D eigenvalue weighted by atomic mass is 19.4. The van der Waals surface area contributed by atoms with Crippen molar-refractivity contribution >= 4 is 28.2 Å². The molecule has 0 atom stereocenters. The smallest absolute Gasteiger partial charge is 0.417 e. The maximum atomic E-state index is 13.5. The largest absolute Gasteiger partial charge is 0.460 e. The van der Waals surface area contributed by atoms with E-state index in [-0.39, 0.29) is 23.6 Å². The van der Waals surface area contributed by atoms with Crippen LogP contribution in [0.25, 0.3) is 22.0 Å². The predicted octanol–water partition coefficient (Wildman–Crippen LogP) is 4.51. The summed E-state index contributed by atoms with van der Waals surface area (Å²) in [5, 5.41) is 25.8. The first-order valence-corrected chi connectivity index (χ1v) is 8.15. The van der Waals surface area contributed by atoms with Crippen LogP contribution in [0.4, 0.5) is 24.5 Å². The molecule has 0 aliphatic heterocycles. The molecular formula is C17H10F3N3O7. The van der Waals surface area contributed by atoms with Crippen molar-refractivity contribution in [2.24, 2.45) is 0 Å². The van der Waals surface area contributed by atoms with E-state index in [0.717, 1.165) is 24.3 Å². The van der Waals surface area contributed by atoms with Crippen LogP contribution in [0.3, 0.4) is 0 Å². The van der Waals surface area contributed by atoms with E-state index in [0.29, 0.717) is 0 Å². The van der Waals surface area contributed by atoms with Crippen molar-refractivity contribution < 1.29 is 37.1 Å². The molecular weight excluding hydrogens is 415 g/mol. The summed E-state index contributed by atoms with van der Waals surface area (Å²) >= 11 is 0. The number of non-ortho nitro benzene ring substituents is 1. The van der Waals surface area contributed by atoms with E-state index in [9.17, 15) is 38.2 Å². The van der Waals surface area contributed by atoms with Crippen molar-refractivity contribution in [2.75, 3.05) is 6.61 Å². The van der Waals surface area contributed by atoms with Crippen LogP contribution in [0.2, 0.25) is 0 Å². The third-order valence-electron chi connectivity index (χ3n) is 4.06. The number of carbonyl (C=O) groups excluding carboxylic acids is 1. The fourth-order valence-electron chi connectivity index (χ4n) is 2.80. The molecule has 0 spiro atoms. The minimum absolute atomic E-state index is 0.0149. The lowest BCUT2D eigenvalue weighted by Crippen LogP contribution is -2.09. The van der Waals surface area contributed by atoms with Crippen molar-refractivity contribution in [2.45, 2.75) is 13.1 Å². The Balaban J connectivity index is 2.31. The molecule has 0 aliphatic carbocycles. The number of rotatable bonds is 5. The van der Waals surface area contributed by atoms with Crippen molar-refractivity contribution in [3.8, 4) is 11.1 Å². The van der Waals surface area contributed by atoms with Gasteiger partial charge in [0.25, 0.3) is 17.1 Å². The first kappa shape index (κ1) is 20.7. The number of alkyl halides is 3. The van der Waals surface area contributed by atoms with Gasteiger partial charge in [0.1, 0.15) is 5.52 Å². The van der Waals surface area contributed by atoms with E-state index >= 15 is 0 Å². The van der Waals surface area contributed by atoms with Crippen molar-refractivity contribution in [3.63, 3.8) is 0 Å². The first-order valence-electron chi connectivity index (χ1n) is 8.15. The standard InChI is InChI=1S/C17H10F3N3O7/c1-2-29-16(24)15-11-7-14(23(27)28)10(6-13(11)21-30-15)9-4-3-8(22(25)26)5-12(9)17(18,19)20/h3-7H,2H2,1H3. The lowest BCUT2D eigenvalue weighted by molar-refractivity contribution is -0.385. The Morgan fingerprint density at radius 3 is 2.40 bits per heavy atom. The lowest BCUT2D eigenvalue weighted by Gasteiger charge is -2.13. The second kappa shape index (κ2) is 7.42. The van der Waals surface area contributed by atoms with E-state index < -0.39 is 55.8 Å². The average molecular weight is 425 g/mol. The third-order valence-corrected chi connectivity index (χ3v) is 4.06. The monoisotopic (exact) mass is 425 g/mol. The molecule has 0 aliphatic rings. The van der Waals surface area contributed by atoms with Gasteiger partial charge >= 0.3 is 12.1 Å². The number of carbonyl (C=O) groups is 1. The van der Waals surface area contributed by atoms with Gasteiger partial charge in [0.05, 0.1) is 33.0 Å². The molecule has 0 amide bonds. The zero-order valence-corrected chi connectivity index (χ0v) is 14.9. The van der Waals surface area contributed by atoms with E-state index in [1.807, 2.05) is 0 Å². The maximum absolute atomic E-state index is 13.5. The molecule has 10 nitrogen and oxygen atoms in total. The summed E-state index contributed by atoms with van der Waals surface area (Å²) in [6.45, 7) is 1.50. The van der Waals surface area contributed by atoms with Crippen molar-refractivity contribution in [3.05, 3.63) is 61.9 Å². The van der Waals surface area contributed by atoms with Crippen LogP contribution in [-0.4, -0.2) is 27.6 Å². The van der Waals surface area contributed by atoms with Gasteiger partial charge in [-0.2, -0.15) is 13.2 Å². The minimum Gasteiger partial charge on any atom is -0.460 e. The highest BCUT2D eigenvalue weighted by Gasteiger charge is 2.37. The Morgan fingerprint density at radius 1 is 1.13 bits per heavy atom. The van der Waals surface area contributed by atoms with Crippen LogP contribution in [0, 0.1) is 20.2 Å². The van der Waals surface area contributed by atoms with E-state index in [4.69, 9.17) is 9.26 Å². The molecule has 1 aromatic heterocycles. The normalized spacial score (nSPS) is 11.5. The number of halogens is 3. The Hall–Kier alpha value is -4.03. The van der Waals surface area contributed by atoms with Crippen molar-refractivity contribution in [1.82, 2.24) is 5.16 Å². The molecule has 0 fully saturated rings. The van der Waals surface area contributed by atoms with Crippen LogP contribution in [0.5, 0.6) is 0 Å². The third kappa shape index (κ3) is 3.64. The van der Waals surface area contributed by atoms with Gasteiger partial charge in [-0.05, 0) is 19.1 Å². The van der Waals surface area contributed by atoms with Crippen LogP contribution in [-0.2, 0) is 10.9 Å². The van der Waals surface area contributed by atoms with Crippen LogP contribution >= 0.6 is 0 Å². The number of nitro groups is 2. The molecule has 156 valence electrons. The molecule has 3 aromatic rings. The highest BCUT2D eigenvalue weighted by Crippen LogP contribution is 2.43. The second-order valence-electron chi connectivity index (χ2n) is 5.86. The topological polar surface area (TPSA) is 139 Å². The van der Waals surface area contributed by atoms with Crippen LogP contribution < -0.4 is 0 Å². The lowest BCUT2D eigenvalue weighted by atomic mass is 9.96. The number of esters is 1. The number of benzene rings is 2. The molecule has 30 heavy (non-hydrogen) atoms. The van der Waals surface area contributed by atoms with Crippen molar-refractivity contribution in [1.29, 1.82) is 0 Å². The van der Waals surface area contributed by atoms with Crippen LogP contribution in [0.15, 0.2) is 34.9 Å². The second-order valence-corrected chi connectivity index (χ2v) is 5.86. The van der Waals surface area contributed by atoms with Gasteiger partial charge < -0.3 is 9.26 Å². The maximum Gasteiger partial charge on any atom is 0.417 e. The first-order chi connectivity index (χ1) is 14.0. The Morgan fingerprint density at radius 2 is 1.83 bits per heavy atom. The van der Waals surface area contributed by atoms with Gasteiger partial charge in [0.2, 0.25) is 0 Å². The summed E-state index contributed by atoms with van der Waals surface area (Å²) in [4.78, 5) is 32.4. The number of fused-ring (bicyclic) bond motifs is 1. The summed E-state index contributed by atoms with van der Waals surface area (Å²) in [5.41, 5.74) is -4.35. The number of hydrogen-bond donors (Lipinski definition) is 0. The van der Waals surface area contributed by atoms with Gasteiger partial charge in [-0.15, -0.1) is 0 Å². The number of nitro benzene ring substituents is 2. The molecule has 1 heterocycles. The van der Waals surface area contributed by atoms with Gasteiger partial charge in [-0.1, -0.05) is 5.16 Å². The number of ether oxygens (including phenoxy) is 1.